The van der Waals surface area contributed by atoms with Gasteiger partial charge in [0.15, 0.2) is 5.52 Å². The van der Waals surface area contributed by atoms with E-state index in [-0.39, 0.29) is 0 Å². The van der Waals surface area contributed by atoms with Crippen LogP contribution in [-0.4, -0.2) is 23.9 Å². The molecule has 0 unspecified atom stereocenters. The second-order valence-corrected chi connectivity index (χ2v) is 3.67. The fourth-order valence-corrected chi connectivity index (χ4v) is 1.87. The van der Waals surface area contributed by atoms with E-state index in [0.717, 1.165) is 24.0 Å². The molecule has 0 spiro atoms. The van der Waals surface area contributed by atoms with E-state index in [1.54, 1.807) is 11.8 Å². The van der Waals surface area contributed by atoms with Crippen LogP contribution in [0.4, 0.5) is 5.95 Å². The third-order valence-corrected chi connectivity index (χ3v) is 2.64. The van der Waals surface area contributed by atoms with Gasteiger partial charge < -0.3 is 4.84 Å². The van der Waals surface area contributed by atoms with Gasteiger partial charge in [0.2, 0.25) is 0 Å². The molecule has 0 radical (unpaired) electrons. The Morgan fingerprint density at radius 1 is 1.29 bits per heavy atom. The SMILES string of the molecule is CCNc1nnc2cccc(CC)c2[n+]1OC. The van der Waals surface area contributed by atoms with Gasteiger partial charge in [-0.2, -0.15) is 0 Å². The van der Waals surface area contributed by atoms with Crippen LogP contribution in [0, 0.1) is 0 Å². The number of fused-ring (bicyclic) bond motifs is 1. The highest BCUT2D eigenvalue weighted by molar-refractivity contribution is 5.74. The molecule has 1 aromatic carbocycles. The molecule has 2 aromatic rings. The van der Waals surface area contributed by atoms with Gasteiger partial charge in [0.05, 0.1) is 6.54 Å². The second kappa shape index (κ2) is 4.95. The standard InChI is InChI=1S/C12H16N4O/c1-4-9-7-6-8-10-11(9)16(17-3)12(13-5-2)15-14-10/h6-8H,4-5H2,1-3H3/p+1. The quantitative estimate of drug-likeness (QED) is 0.799. The van der Waals surface area contributed by atoms with Crippen molar-refractivity contribution in [3.63, 3.8) is 0 Å². The molecule has 0 aliphatic rings. The molecule has 0 aliphatic carbocycles. The molecule has 0 saturated carbocycles. The van der Waals surface area contributed by atoms with Crippen LogP contribution >= 0.6 is 0 Å². The number of anilines is 1. The van der Waals surface area contributed by atoms with Gasteiger partial charge in [0.25, 0.3) is 0 Å². The van der Waals surface area contributed by atoms with Gasteiger partial charge in [0.1, 0.15) is 12.6 Å². The van der Waals surface area contributed by atoms with E-state index in [1.807, 2.05) is 19.1 Å². The molecule has 0 bridgehead atoms. The number of hydrogen-bond donors (Lipinski definition) is 1. The van der Waals surface area contributed by atoms with E-state index >= 15 is 0 Å². The van der Waals surface area contributed by atoms with E-state index < -0.39 is 0 Å². The van der Waals surface area contributed by atoms with Crippen molar-refractivity contribution in [3.8, 4) is 0 Å². The first-order valence-electron chi connectivity index (χ1n) is 5.80. The Hall–Kier alpha value is -1.91. The summed E-state index contributed by atoms with van der Waals surface area (Å²) in [5.74, 6) is 0.628. The molecule has 0 atom stereocenters. The average Bonchev–Trinajstić information content (AvgIpc) is 2.38. The molecule has 90 valence electrons. The zero-order chi connectivity index (χ0) is 12.3. The highest BCUT2D eigenvalue weighted by Crippen LogP contribution is 2.13. The number of aromatic nitrogens is 3. The predicted octanol–water partition coefficient (Wildman–Crippen LogP) is 0.970. The van der Waals surface area contributed by atoms with Crippen molar-refractivity contribution in [2.45, 2.75) is 20.3 Å². The van der Waals surface area contributed by atoms with Crippen molar-refractivity contribution in [2.24, 2.45) is 0 Å². The first-order chi connectivity index (χ1) is 8.31. The summed E-state index contributed by atoms with van der Waals surface area (Å²) < 4.78 is 1.70. The average molecular weight is 233 g/mol. The third-order valence-electron chi connectivity index (χ3n) is 2.64. The molecule has 5 heteroatoms. The smallest absolute Gasteiger partial charge is 0.360 e. The van der Waals surface area contributed by atoms with Crippen LogP contribution < -0.4 is 14.9 Å². The maximum Gasteiger partial charge on any atom is 0.451 e. The Balaban J connectivity index is 2.73. The molecule has 0 fully saturated rings. The lowest BCUT2D eigenvalue weighted by Gasteiger charge is -2.08. The number of rotatable bonds is 4. The number of para-hydroxylation sites is 1. The molecule has 1 N–H and O–H groups in total. The minimum Gasteiger partial charge on any atom is -0.360 e. The molecule has 0 saturated heterocycles. The summed E-state index contributed by atoms with van der Waals surface area (Å²) in [6.45, 7) is 4.90. The summed E-state index contributed by atoms with van der Waals surface area (Å²) in [7, 11) is 1.63. The molecular weight excluding hydrogens is 216 g/mol. The first-order valence-corrected chi connectivity index (χ1v) is 5.80. The molecule has 0 aliphatic heterocycles. The maximum atomic E-state index is 5.41. The summed E-state index contributed by atoms with van der Waals surface area (Å²) >= 11 is 0. The van der Waals surface area contributed by atoms with Crippen molar-refractivity contribution in [1.29, 1.82) is 0 Å². The Morgan fingerprint density at radius 2 is 2.12 bits per heavy atom. The summed E-state index contributed by atoms with van der Waals surface area (Å²) in [5, 5.41) is 11.5. The lowest BCUT2D eigenvalue weighted by Crippen LogP contribution is -2.45. The fourth-order valence-electron chi connectivity index (χ4n) is 1.87. The Kier molecular flexibility index (Phi) is 3.37. The van der Waals surface area contributed by atoms with Crippen LogP contribution in [0.25, 0.3) is 11.0 Å². The maximum absolute atomic E-state index is 5.41. The fraction of sp³-hybridized carbons (Fsp3) is 0.417. The summed E-state index contributed by atoms with van der Waals surface area (Å²) in [4.78, 5) is 5.41. The zero-order valence-electron chi connectivity index (χ0n) is 10.4. The van der Waals surface area contributed by atoms with E-state index in [0.29, 0.717) is 5.95 Å². The van der Waals surface area contributed by atoms with Gasteiger partial charge in [-0.05, 0) is 29.7 Å². The minimum absolute atomic E-state index is 0.628. The molecule has 5 nitrogen and oxygen atoms in total. The van der Waals surface area contributed by atoms with Gasteiger partial charge >= 0.3 is 5.95 Å². The summed E-state index contributed by atoms with van der Waals surface area (Å²) in [5.41, 5.74) is 3.01. The molecule has 1 heterocycles. The Morgan fingerprint density at radius 3 is 2.76 bits per heavy atom. The van der Waals surface area contributed by atoms with Crippen LogP contribution in [0.15, 0.2) is 18.2 Å². The zero-order valence-corrected chi connectivity index (χ0v) is 10.4. The normalized spacial score (nSPS) is 10.5. The second-order valence-electron chi connectivity index (χ2n) is 3.67. The predicted molar refractivity (Wildman–Crippen MR) is 65.8 cm³/mol. The van der Waals surface area contributed by atoms with Crippen molar-refractivity contribution in [2.75, 3.05) is 19.0 Å². The molecule has 2 rings (SSSR count). The Labute approximate surface area is 100 Å². The van der Waals surface area contributed by atoms with Crippen LogP contribution in [-0.2, 0) is 6.42 Å². The number of aryl methyl sites for hydroxylation is 1. The highest BCUT2D eigenvalue weighted by atomic mass is 16.6. The lowest BCUT2D eigenvalue weighted by atomic mass is 10.1. The number of hydrogen-bond acceptors (Lipinski definition) is 4. The minimum atomic E-state index is 0.628. The van der Waals surface area contributed by atoms with Crippen molar-refractivity contribution >= 4 is 17.0 Å². The number of nitrogens with one attached hydrogen (secondary N) is 1. The monoisotopic (exact) mass is 233 g/mol. The molecule has 17 heavy (non-hydrogen) atoms. The summed E-state index contributed by atoms with van der Waals surface area (Å²) in [6, 6.07) is 6.00. The number of nitrogens with zero attached hydrogens (tertiary/aromatic N) is 3. The van der Waals surface area contributed by atoms with Crippen molar-refractivity contribution < 1.29 is 9.57 Å². The first kappa shape index (κ1) is 11.6. The topological polar surface area (TPSA) is 50.9 Å². The van der Waals surface area contributed by atoms with E-state index in [2.05, 4.69) is 28.5 Å². The third kappa shape index (κ3) is 2.00. The van der Waals surface area contributed by atoms with Crippen LogP contribution in [0.5, 0.6) is 0 Å². The van der Waals surface area contributed by atoms with Crippen LogP contribution in [0.3, 0.4) is 0 Å². The van der Waals surface area contributed by atoms with Gasteiger partial charge in [-0.1, -0.05) is 24.2 Å². The van der Waals surface area contributed by atoms with Gasteiger partial charge in [-0.25, -0.2) is 0 Å². The molecule has 1 aromatic heterocycles. The summed E-state index contributed by atoms with van der Waals surface area (Å²) in [6.07, 6.45) is 0.929. The van der Waals surface area contributed by atoms with Crippen molar-refractivity contribution in [1.82, 2.24) is 10.2 Å². The highest BCUT2D eigenvalue weighted by Gasteiger charge is 2.18. The van der Waals surface area contributed by atoms with Crippen LogP contribution in [0.1, 0.15) is 19.4 Å². The lowest BCUT2D eigenvalue weighted by molar-refractivity contribution is -0.856. The van der Waals surface area contributed by atoms with E-state index in [4.69, 9.17) is 4.84 Å². The van der Waals surface area contributed by atoms with Crippen molar-refractivity contribution in [3.05, 3.63) is 23.8 Å². The largest absolute Gasteiger partial charge is 0.451 e. The van der Waals surface area contributed by atoms with Crippen LogP contribution in [0.2, 0.25) is 0 Å². The number of benzene rings is 1. The molecular formula is C12H17N4O+. The van der Waals surface area contributed by atoms with E-state index in [9.17, 15) is 0 Å². The van der Waals surface area contributed by atoms with Gasteiger partial charge in [-0.3, -0.25) is 5.32 Å². The van der Waals surface area contributed by atoms with E-state index in [1.165, 1.54) is 5.56 Å². The van der Waals surface area contributed by atoms with Gasteiger partial charge in [0, 0.05) is 5.10 Å². The Bertz CT molecular complexity index is 527. The molecule has 0 amide bonds. The van der Waals surface area contributed by atoms with Gasteiger partial charge in [-0.15, -0.1) is 0 Å².